The van der Waals surface area contributed by atoms with Crippen molar-refractivity contribution in [1.29, 1.82) is 0 Å². The lowest BCUT2D eigenvalue weighted by Gasteiger charge is -2.31. The van der Waals surface area contributed by atoms with Crippen LogP contribution in [0.2, 0.25) is 0 Å². The minimum atomic E-state index is -0.278. The highest BCUT2D eigenvalue weighted by Crippen LogP contribution is 2.06. The van der Waals surface area contributed by atoms with Gasteiger partial charge in [0.25, 0.3) is 0 Å². The van der Waals surface area contributed by atoms with Crippen LogP contribution in [0, 0.1) is 5.82 Å². The zero-order valence-corrected chi connectivity index (χ0v) is 13.2. The summed E-state index contributed by atoms with van der Waals surface area (Å²) in [6.45, 7) is 4.36. The first kappa shape index (κ1) is 19.3. The second-order valence-electron chi connectivity index (χ2n) is 4.92. The Morgan fingerprint density at radius 1 is 1.20 bits per heavy atom. The zero-order valence-electron chi connectivity index (χ0n) is 11.5. The molecule has 0 saturated carbocycles. The van der Waals surface area contributed by atoms with Gasteiger partial charge < -0.3 is 4.90 Å². The molecule has 0 unspecified atom stereocenters. The molecule has 114 valence electrons. The second-order valence-corrected chi connectivity index (χ2v) is 4.92. The molecule has 0 aromatic heterocycles. The average molecular weight is 323 g/mol. The molecule has 0 spiro atoms. The van der Waals surface area contributed by atoms with Crippen molar-refractivity contribution in [1.82, 2.24) is 9.80 Å². The third-order valence-corrected chi connectivity index (χ3v) is 3.29. The van der Waals surface area contributed by atoms with Crippen LogP contribution in [-0.2, 0) is 11.2 Å². The Balaban J connectivity index is 0.00000180. The molecule has 1 aromatic rings. The average Bonchev–Trinajstić information content (AvgIpc) is 2.32. The number of rotatable bonds is 4. The highest BCUT2D eigenvalue weighted by Gasteiger charge is 2.16. The molecule has 6 heteroatoms. The molecule has 2 rings (SSSR count). The number of carbonyl (C=O) groups is 1. The minimum absolute atomic E-state index is 0. The second kappa shape index (κ2) is 9.29. The standard InChI is InChI=1S/C14H19FN2O.2ClH/c1-16-5-7-17(8-6-16)11-14(18)10-12-3-2-4-13(15)9-12;;/h2-4,9H,5-8,10-11H2,1H3;2*1H. The molecule has 0 amide bonds. The van der Waals surface area contributed by atoms with Crippen LogP contribution >= 0.6 is 24.8 Å². The highest BCUT2D eigenvalue weighted by molar-refractivity contribution is 5.85. The number of hydrogen-bond acceptors (Lipinski definition) is 3. The van der Waals surface area contributed by atoms with E-state index in [4.69, 9.17) is 0 Å². The fourth-order valence-corrected chi connectivity index (χ4v) is 2.19. The molecule has 1 aliphatic rings. The lowest BCUT2D eigenvalue weighted by atomic mass is 10.1. The molecule has 0 atom stereocenters. The van der Waals surface area contributed by atoms with Gasteiger partial charge in [-0.05, 0) is 24.7 Å². The van der Waals surface area contributed by atoms with E-state index in [2.05, 4.69) is 16.8 Å². The van der Waals surface area contributed by atoms with Crippen LogP contribution in [0.5, 0.6) is 0 Å². The number of nitrogens with zero attached hydrogens (tertiary/aromatic N) is 2. The van der Waals surface area contributed by atoms with Crippen LogP contribution in [0.25, 0.3) is 0 Å². The Hall–Kier alpha value is -0.680. The van der Waals surface area contributed by atoms with Gasteiger partial charge in [-0.3, -0.25) is 9.69 Å². The summed E-state index contributed by atoms with van der Waals surface area (Å²) in [5, 5.41) is 0. The van der Waals surface area contributed by atoms with Crippen LogP contribution < -0.4 is 0 Å². The monoisotopic (exact) mass is 322 g/mol. The third-order valence-electron chi connectivity index (χ3n) is 3.29. The Morgan fingerprint density at radius 3 is 2.45 bits per heavy atom. The number of ketones is 1. The Labute approximate surface area is 131 Å². The predicted molar refractivity (Wildman–Crippen MR) is 83.5 cm³/mol. The predicted octanol–water partition coefficient (Wildman–Crippen LogP) is 2.03. The number of carbonyl (C=O) groups excluding carboxylic acids is 1. The van der Waals surface area contributed by atoms with E-state index < -0.39 is 0 Å². The molecule has 1 aromatic carbocycles. The molecule has 1 fully saturated rings. The quantitative estimate of drug-likeness (QED) is 0.847. The van der Waals surface area contributed by atoms with Crippen molar-refractivity contribution in [3.05, 3.63) is 35.6 Å². The van der Waals surface area contributed by atoms with Crippen molar-refractivity contribution in [2.75, 3.05) is 39.8 Å². The van der Waals surface area contributed by atoms with E-state index in [-0.39, 0.29) is 36.4 Å². The van der Waals surface area contributed by atoms with Crippen molar-refractivity contribution in [3.8, 4) is 0 Å². The zero-order chi connectivity index (χ0) is 13.0. The van der Waals surface area contributed by atoms with E-state index in [1.807, 2.05) is 0 Å². The molecular weight excluding hydrogens is 302 g/mol. The Bertz CT molecular complexity index is 423. The first-order valence-electron chi connectivity index (χ1n) is 6.30. The summed E-state index contributed by atoms with van der Waals surface area (Å²) in [5.41, 5.74) is 0.758. The normalized spacial score (nSPS) is 16.1. The fraction of sp³-hybridized carbons (Fsp3) is 0.500. The molecule has 3 nitrogen and oxygen atoms in total. The summed E-state index contributed by atoms with van der Waals surface area (Å²) in [7, 11) is 2.09. The summed E-state index contributed by atoms with van der Waals surface area (Å²) in [5.74, 6) is -0.120. The van der Waals surface area contributed by atoms with Gasteiger partial charge in [0.2, 0.25) is 0 Å². The maximum atomic E-state index is 13.0. The maximum Gasteiger partial charge on any atom is 0.151 e. The Morgan fingerprint density at radius 2 is 1.85 bits per heavy atom. The van der Waals surface area contributed by atoms with E-state index in [1.54, 1.807) is 12.1 Å². The van der Waals surface area contributed by atoms with Crippen molar-refractivity contribution < 1.29 is 9.18 Å². The summed E-state index contributed by atoms with van der Waals surface area (Å²) in [4.78, 5) is 16.3. The van der Waals surface area contributed by atoms with Gasteiger partial charge in [0.05, 0.1) is 6.54 Å². The fourth-order valence-electron chi connectivity index (χ4n) is 2.19. The lowest BCUT2D eigenvalue weighted by molar-refractivity contribution is -0.119. The van der Waals surface area contributed by atoms with Gasteiger partial charge in [-0.15, -0.1) is 24.8 Å². The van der Waals surface area contributed by atoms with E-state index in [0.29, 0.717) is 13.0 Å². The van der Waals surface area contributed by atoms with Gasteiger partial charge in [0, 0.05) is 32.6 Å². The van der Waals surface area contributed by atoms with Crippen LogP contribution in [0.1, 0.15) is 5.56 Å². The largest absolute Gasteiger partial charge is 0.304 e. The van der Waals surface area contributed by atoms with Crippen LogP contribution in [0.15, 0.2) is 24.3 Å². The Kier molecular flexibility index (Phi) is 8.98. The van der Waals surface area contributed by atoms with E-state index >= 15 is 0 Å². The summed E-state index contributed by atoms with van der Waals surface area (Å²) >= 11 is 0. The number of likely N-dealkylation sites (N-methyl/N-ethyl adjacent to an activating group) is 1. The summed E-state index contributed by atoms with van der Waals surface area (Å²) < 4.78 is 13.0. The topological polar surface area (TPSA) is 23.6 Å². The molecule has 0 aliphatic carbocycles. The SMILES string of the molecule is CN1CCN(CC(=O)Cc2cccc(F)c2)CC1.Cl.Cl. The highest BCUT2D eigenvalue weighted by atomic mass is 35.5. The molecule has 0 radical (unpaired) electrons. The molecule has 1 saturated heterocycles. The van der Waals surface area contributed by atoms with Gasteiger partial charge in [-0.1, -0.05) is 12.1 Å². The van der Waals surface area contributed by atoms with Crippen LogP contribution in [0.4, 0.5) is 4.39 Å². The molecule has 0 N–H and O–H groups in total. The number of benzene rings is 1. The molecule has 20 heavy (non-hydrogen) atoms. The number of halogens is 3. The van der Waals surface area contributed by atoms with E-state index in [9.17, 15) is 9.18 Å². The first-order valence-corrected chi connectivity index (χ1v) is 6.30. The summed E-state index contributed by atoms with van der Waals surface area (Å²) in [6.07, 6.45) is 0.324. The summed E-state index contributed by atoms with van der Waals surface area (Å²) in [6, 6.07) is 6.27. The van der Waals surface area contributed by atoms with Gasteiger partial charge in [0.15, 0.2) is 5.78 Å². The molecule has 1 heterocycles. The van der Waals surface area contributed by atoms with Crippen LogP contribution in [0.3, 0.4) is 0 Å². The molecular formula is C14H21Cl2FN2O. The van der Waals surface area contributed by atoms with Gasteiger partial charge in [0.1, 0.15) is 5.82 Å². The maximum absolute atomic E-state index is 13.0. The smallest absolute Gasteiger partial charge is 0.151 e. The van der Waals surface area contributed by atoms with Crippen molar-refractivity contribution in [3.63, 3.8) is 0 Å². The van der Waals surface area contributed by atoms with Crippen molar-refractivity contribution >= 4 is 30.6 Å². The number of hydrogen-bond donors (Lipinski definition) is 0. The molecule has 1 aliphatic heterocycles. The van der Waals surface area contributed by atoms with E-state index in [1.165, 1.54) is 12.1 Å². The first-order chi connectivity index (χ1) is 8.63. The van der Waals surface area contributed by atoms with Gasteiger partial charge in [-0.25, -0.2) is 4.39 Å². The number of Topliss-reactive ketones (excluding diaryl/α,β-unsaturated/α-hetero) is 1. The van der Waals surface area contributed by atoms with E-state index in [0.717, 1.165) is 31.7 Å². The van der Waals surface area contributed by atoms with Gasteiger partial charge in [-0.2, -0.15) is 0 Å². The molecule has 0 bridgehead atoms. The third kappa shape index (κ3) is 6.18. The number of piperazine rings is 1. The lowest BCUT2D eigenvalue weighted by Crippen LogP contribution is -2.46. The van der Waals surface area contributed by atoms with Crippen molar-refractivity contribution in [2.45, 2.75) is 6.42 Å². The van der Waals surface area contributed by atoms with Crippen molar-refractivity contribution in [2.24, 2.45) is 0 Å². The minimum Gasteiger partial charge on any atom is -0.304 e. The van der Waals surface area contributed by atoms with Crippen LogP contribution in [-0.4, -0.2) is 55.4 Å². The van der Waals surface area contributed by atoms with Gasteiger partial charge >= 0.3 is 0 Å².